The van der Waals surface area contributed by atoms with Gasteiger partial charge < -0.3 is 24.4 Å². The molecular weight excluding hydrogens is 382 g/mol. The number of aliphatic hydroxyl groups is 2. The van der Waals surface area contributed by atoms with Gasteiger partial charge in [-0.15, -0.1) is 11.8 Å². The molecule has 3 rings (SSSR count). The largest absolute Gasteiger partial charge is 0.490 e. The van der Waals surface area contributed by atoms with Gasteiger partial charge in [0.1, 0.15) is 30.9 Å². The maximum absolute atomic E-state index is 11.4. The van der Waals surface area contributed by atoms with Crippen LogP contribution in [0.15, 0.2) is 48.5 Å². The van der Waals surface area contributed by atoms with Crippen molar-refractivity contribution in [3.63, 3.8) is 0 Å². The number of ether oxygens (including phenoxy) is 3. The third-order valence-corrected chi connectivity index (χ3v) is 5.39. The molecule has 1 fully saturated rings. The van der Waals surface area contributed by atoms with Crippen molar-refractivity contribution >= 4 is 17.7 Å². The molecule has 0 amide bonds. The highest BCUT2D eigenvalue weighted by molar-refractivity contribution is 8.00. The van der Waals surface area contributed by atoms with E-state index in [1.165, 1.54) is 18.9 Å². The van der Waals surface area contributed by atoms with Crippen molar-refractivity contribution in [2.24, 2.45) is 0 Å². The van der Waals surface area contributed by atoms with E-state index in [1.807, 2.05) is 24.3 Å². The van der Waals surface area contributed by atoms with Gasteiger partial charge in [-0.1, -0.05) is 12.1 Å². The second kappa shape index (κ2) is 9.79. The fourth-order valence-corrected chi connectivity index (χ4v) is 3.84. The summed E-state index contributed by atoms with van der Waals surface area (Å²) in [5, 5.41) is 21.9. The standard InChI is InChI=1S/C20H23NO6S/c1-25-19(23)14-4-8-16(9-5-14)27-11-10-26-15-6-2-13(3-7-15)12-17-18(22)21-20(24)28-17/h2-9,17-18,20-22,24H,10-12H2,1H3. The highest BCUT2D eigenvalue weighted by atomic mass is 32.2. The fraction of sp³-hybridized carbons (Fsp3) is 0.350. The Balaban J connectivity index is 1.40. The number of rotatable bonds is 8. The van der Waals surface area contributed by atoms with E-state index in [-0.39, 0.29) is 11.2 Å². The fourth-order valence-electron chi connectivity index (χ4n) is 2.77. The Bertz CT molecular complexity index is 767. The molecule has 150 valence electrons. The first-order valence-electron chi connectivity index (χ1n) is 8.86. The molecule has 0 aromatic heterocycles. The summed E-state index contributed by atoms with van der Waals surface area (Å²) in [4.78, 5) is 11.4. The molecule has 1 aliphatic rings. The number of carbonyl (C=O) groups is 1. The van der Waals surface area contributed by atoms with Gasteiger partial charge in [-0.05, 0) is 48.4 Å². The zero-order valence-corrected chi connectivity index (χ0v) is 16.2. The number of methoxy groups -OCH3 is 1. The predicted octanol–water partition coefficient (Wildman–Crippen LogP) is 1.77. The minimum absolute atomic E-state index is 0.0826. The predicted molar refractivity (Wildman–Crippen MR) is 105 cm³/mol. The molecule has 1 aliphatic heterocycles. The van der Waals surface area contributed by atoms with E-state index in [2.05, 4.69) is 10.1 Å². The zero-order chi connectivity index (χ0) is 19.9. The first-order valence-corrected chi connectivity index (χ1v) is 9.80. The number of hydrogen-bond acceptors (Lipinski definition) is 8. The van der Waals surface area contributed by atoms with Crippen LogP contribution in [-0.4, -0.2) is 53.5 Å². The molecule has 3 N–H and O–H groups in total. The van der Waals surface area contributed by atoms with Crippen LogP contribution >= 0.6 is 11.8 Å². The van der Waals surface area contributed by atoms with Gasteiger partial charge in [0.25, 0.3) is 0 Å². The van der Waals surface area contributed by atoms with Crippen molar-refractivity contribution in [2.45, 2.75) is 23.5 Å². The van der Waals surface area contributed by atoms with Crippen LogP contribution in [0.25, 0.3) is 0 Å². The summed E-state index contributed by atoms with van der Waals surface area (Å²) in [6.45, 7) is 0.749. The van der Waals surface area contributed by atoms with Crippen LogP contribution in [0.3, 0.4) is 0 Å². The monoisotopic (exact) mass is 405 g/mol. The Morgan fingerprint density at radius 1 is 1.00 bits per heavy atom. The molecule has 0 aliphatic carbocycles. The summed E-state index contributed by atoms with van der Waals surface area (Å²) in [5.74, 6) is 0.994. The Labute approximate surface area is 167 Å². The molecular formula is C20H23NO6S. The molecule has 2 aromatic rings. The number of hydrogen-bond donors (Lipinski definition) is 3. The number of carbonyl (C=O) groups excluding carboxylic acids is 1. The minimum atomic E-state index is -0.723. The first-order chi connectivity index (χ1) is 13.5. The van der Waals surface area contributed by atoms with Crippen molar-refractivity contribution in [3.05, 3.63) is 59.7 Å². The molecule has 0 radical (unpaired) electrons. The van der Waals surface area contributed by atoms with E-state index in [0.29, 0.717) is 30.9 Å². The van der Waals surface area contributed by atoms with Crippen molar-refractivity contribution in [1.82, 2.24) is 5.32 Å². The van der Waals surface area contributed by atoms with Crippen molar-refractivity contribution in [3.8, 4) is 11.5 Å². The zero-order valence-electron chi connectivity index (χ0n) is 15.4. The van der Waals surface area contributed by atoms with Crippen LogP contribution in [0.4, 0.5) is 0 Å². The Morgan fingerprint density at radius 3 is 2.07 bits per heavy atom. The topological polar surface area (TPSA) is 97.3 Å². The summed E-state index contributed by atoms with van der Waals surface area (Å²) in [5.41, 5.74) is 0.807. The van der Waals surface area contributed by atoms with Gasteiger partial charge in [-0.2, -0.15) is 0 Å². The highest BCUT2D eigenvalue weighted by Crippen LogP contribution is 2.28. The Hall–Kier alpha value is -2.26. The number of benzene rings is 2. The van der Waals surface area contributed by atoms with Gasteiger partial charge in [0, 0.05) is 0 Å². The van der Waals surface area contributed by atoms with E-state index < -0.39 is 11.8 Å². The summed E-state index contributed by atoms with van der Waals surface area (Å²) in [6, 6.07) is 14.3. The smallest absolute Gasteiger partial charge is 0.337 e. The molecule has 0 spiro atoms. The van der Waals surface area contributed by atoms with Crippen molar-refractivity contribution < 1.29 is 29.2 Å². The van der Waals surface area contributed by atoms with Crippen LogP contribution in [0.2, 0.25) is 0 Å². The van der Waals surface area contributed by atoms with E-state index in [0.717, 1.165) is 11.3 Å². The second-order valence-electron chi connectivity index (χ2n) is 6.20. The van der Waals surface area contributed by atoms with Crippen molar-refractivity contribution in [1.29, 1.82) is 0 Å². The molecule has 2 aromatic carbocycles. The lowest BCUT2D eigenvalue weighted by atomic mass is 10.1. The molecule has 0 bridgehead atoms. The number of esters is 1. The van der Waals surface area contributed by atoms with Gasteiger partial charge in [-0.25, -0.2) is 4.79 Å². The summed E-state index contributed by atoms with van der Waals surface area (Å²) in [7, 11) is 1.34. The minimum Gasteiger partial charge on any atom is -0.490 e. The normalized spacial score (nSPS) is 21.3. The number of aliphatic hydroxyl groups excluding tert-OH is 2. The van der Waals surface area contributed by atoms with E-state index in [9.17, 15) is 15.0 Å². The van der Waals surface area contributed by atoms with Crippen LogP contribution in [0.1, 0.15) is 15.9 Å². The molecule has 7 nitrogen and oxygen atoms in total. The first kappa shape index (κ1) is 20.5. The quantitative estimate of drug-likeness (QED) is 0.452. The van der Waals surface area contributed by atoms with Crippen molar-refractivity contribution in [2.75, 3.05) is 20.3 Å². The number of nitrogens with one attached hydrogen (secondary N) is 1. The lowest BCUT2D eigenvalue weighted by molar-refractivity contribution is 0.0600. The van der Waals surface area contributed by atoms with E-state index in [4.69, 9.17) is 9.47 Å². The molecule has 1 saturated heterocycles. The van der Waals surface area contributed by atoms with Crippen LogP contribution in [0, 0.1) is 0 Å². The maximum Gasteiger partial charge on any atom is 0.337 e. The Morgan fingerprint density at radius 2 is 1.57 bits per heavy atom. The summed E-state index contributed by atoms with van der Waals surface area (Å²) in [6.07, 6.45) is -0.0596. The number of thioether (sulfide) groups is 1. The van der Waals surface area contributed by atoms with Gasteiger partial charge >= 0.3 is 5.97 Å². The Kier molecular flexibility index (Phi) is 7.16. The van der Waals surface area contributed by atoms with Gasteiger partial charge in [0.2, 0.25) is 0 Å². The molecule has 3 unspecified atom stereocenters. The van der Waals surface area contributed by atoms with Gasteiger partial charge in [-0.3, -0.25) is 5.32 Å². The van der Waals surface area contributed by atoms with Crippen LogP contribution < -0.4 is 14.8 Å². The average molecular weight is 405 g/mol. The maximum atomic E-state index is 11.4. The second-order valence-corrected chi connectivity index (χ2v) is 7.52. The third-order valence-electron chi connectivity index (χ3n) is 4.23. The van der Waals surface area contributed by atoms with E-state index >= 15 is 0 Å². The van der Waals surface area contributed by atoms with Gasteiger partial charge in [0.15, 0.2) is 5.56 Å². The third kappa shape index (κ3) is 5.62. The van der Waals surface area contributed by atoms with Crippen LogP contribution in [0.5, 0.6) is 11.5 Å². The van der Waals surface area contributed by atoms with Gasteiger partial charge in [0.05, 0.1) is 17.9 Å². The summed E-state index contributed by atoms with van der Waals surface area (Å²) < 4.78 is 15.9. The SMILES string of the molecule is COC(=O)c1ccc(OCCOc2ccc(CC3SC(O)NC3O)cc2)cc1. The lowest BCUT2D eigenvalue weighted by Gasteiger charge is -2.13. The van der Waals surface area contributed by atoms with Crippen LogP contribution in [-0.2, 0) is 11.2 Å². The molecule has 3 atom stereocenters. The molecule has 1 heterocycles. The van der Waals surface area contributed by atoms with E-state index in [1.54, 1.807) is 24.3 Å². The highest BCUT2D eigenvalue weighted by Gasteiger charge is 2.31. The molecule has 0 saturated carbocycles. The summed E-state index contributed by atoms with van der Waals surface area (Å²) >= 11 is 1.31. The lowest BCUT2D eigenvalue weighted by Crippen LogP contribution is -2.33. The molecule has 28 heavy (non-hydrogen) atoms. The molecule has 8 heteroatoms. The average Bonchev–Trinajstić information content (AvgIpc) is 3.03.